The molecule has 0 aliphatic heterocycles. The first-order valence-corrected chi connectivity index (χ1v) is 12.8. The van der Waals surface area contributed by atoms with Gasteiger partial charge in [0.05, 0.1) is 6.10 Å². The van der Waals surface area contributed by atoms with E-state index in [0.717, 1.165) is 0 Å². The SMILES string of the molecule is C=C1C(O)CCC2(C)C(OC(C)=O)C(OC(C)=O)C3=C(C)C(OC(C)=O)CC(C(OC(C)=O)C12)C3(C)C. The molecule has 0 aromatic heterocycles. The van der Waals surface area contributed by atoms with Gasteiger partial charge in [0.2, 0.25) is 0 Å². The smallest absolute Gasteiger partial charge is 0.303 e. The van der Waals surface area contributed by atoms with Crippen molar-refractivity contribution in [3.8, 4) is 0 Å². The number of hydrogen-bond acceptors (Lipinski definition) is 9. The van der Waals surface area contributed by atoms with E-state index in [1.54, 1.807) is 0 Å². The zero-order valence-electron chi connectivity index (χ0n) is 23.1. The van der Waals surface area contributed by atoms with Crippen LogP contribution in [0.5, 0.6) is 0 Å². The molecule has 0 aromatic rings. The molecule has 0 amide bonds. The number of hydrogen-bond donors (Lipinski definition) is 1. The highest BCUT2D eigenvalue weighted by Gasteiger charge is 2.64. The van der Waals surface area contributed by atoms with Crippen molar-refractivity contribution in [2.45, 2.75) is 105 Å². The molecule has 2 bridgehead atoms. The van der Waals surface area contributed by atoms with E-state index in [4.69, 9.17) is 18.9 Å². The lowest BCUT2D eigenvalue weighted by molar-refractivity contribution is -0.203. The van der Waals surface area contributed by atoms with Gasteiger partial charge < -0.3 is 24.1 Å². The molecular formula is C28H40O9. The van der Waals surface area contributed by atoms with Gasteiger partial charge in [-0.2, -0.15) is 0 Å². The Labute approximate surface area is 218 Å². The molecule has 0 saturated heterocycles. The number of aliphatic hydroxyl groups excluding tert-OH is 1. The molecule has 8 atom stereocenters. The van der Waals surface area contributed by atoms with E-state index < -0.39 is 77.1 Å². The molecule has 8 unspecified atom stereocenters. The van der Waals surface area contributed by atoms with Gasteiger partial charge in [-0.15, -0.1) is 0 Å². The number of carbonyl (C=O) groups is 4. The highest BCUT2D eigenvalue weighted by Crippen LogP contribution is 2.61. The summed E-state index contributed by atoms with van der Waals surface area (Å²) in [6.07, 6.45) is -3.19. The molecule has 2 saturated carbocycles. The molecule has 37 heavy (non-hydrogen) atoms. The second-order valence-electron chi connectivity index (χ2n) is 11.5. The maximum Gasteiger partial charge on any atom is 0.303 e. The summed E-state index contributed by atoms with van der Waals surface area (Å²) in [5.74, 6) is -3.15. The number of esters is 4. The standard InChI is InChI=1S/C28H40O9/c1-13-20(33)10-11-28(9)23(13)24(35-16(4)30)19-12-21(34-15(3)29)14(2)22(27(19,7)8)25(36-17(5)31)26(28)37-18(6)32/h19-21,23-26,33H,1,10-12H2,2-9H3. The predicted molar refractivity (Wildman–Crippen MR) is 133 cm³/mol. The summed E-state index contributed by atoms with van der Waals surface area (Å²) in [4.78, 5) is 49.5. The van der Waals surface area contributed by atoms with Crippen LogP contribution >= 0.6 is 0 Å². The number of ether oxygens (including phenoxy) is 4. The van der Waals surface area contributed by atoms with Crippen molar-refractivity contribution in [1.29, 1.82) is 0 Å². The Balaban J connectivity index is 2.43. The molecule has 0 aromatic carbocycles. The lowest BCUT2D eigenvalue weighted by Crippen LogP contribution is -2.64. The summed E-state index contributed by atoms with van der Waals surface area (Å²) in [6.45, 7) is 17.1. The third-order valence-corrected chi connectivity index (χ3v) is 8.62. The summed E-state index contributed by atoms with van der Waals surface area (Å²) in [5.41, 5.74) is 0.191. The van der Waals surface area contributed by atoms with Crippen LogP contribution in [0.25, 0.3) is 0 Å². The van der Waals surface area contributed by atoms with Gasteiger partial charge in [0.15, 0.2) is 6.10 Å². The van der Waals surface area contributed by atoms with Crippen molar-refractivity contribution < 1.29 is 43.2 Å². The highest BCUT2D eigenvalue weighted by molar-refractivity contribution is 5.69. The van der Waals surface area contributed by atoms with Gasteiger partial charge in [-0.25, -0.2) is 0 Å². The molecule has 0 heterocycles. The van der Waals surface area contributed by atoms with Crippen LogP contribution in [-0.2, 0) is 38.1 Å². The zero-order chi connectivity index (χ0) is 28.0. The normalized spacial score (nSPS) is 36.9. The van der Waals surface area contributed by atoms with Crippen molar-refractivity contribution in [3.63, 3.8) is 0 Å². The average Bonchev–Trinajstić information content (AvgIpc) is 2.74. The highest BCUT2D eigenvalue weighted by atomic mass is 16.6. The predicted octanol–water partition coefficient (Wildman–Crippen LogP) is 3.42. The maximum absolute atomic E-state index is 12.5. The molecule has 0 radical (unpaired) electrons. The van der Waals surface area contributed by atoms with Crippen molar-refractivity contribution in [3.05, 3.63) is 23.3 Å². The largest absolute Gasteiger partial charge is 0.462 e. The summed E-state index contributed by atoms with van der Waals surface area (Å²) in [7, 11) is 0. The first-order chi connectivity index (χ1) is 17.0. The molecule has 2 fully saturated rings. The molecule has 3 aliphatic carbocycles. The Kier molecular flexibility index (Phi) is 7.99. The van der Waals surface area contributed by atoms with Crippen molar-refractivity contribution >= 4 is 23.9 Å². The van der Waals surface area contributed by atoms with E-state index >= 15 is 0 Å². The Hall–Kier alpha value is -2.68. The molecular weight excluding hydrogens is 480 g/mol. The topological polar surface area (TPSA) is 125 Å². The van der Waals surface area contributed by atoms with E-state index in [9.17, 15) is 24.3 Å². The van der Waals surface area contributed by atoms with Gasteiger partial charge in [0.25, 0.3) is 0 Å². The monoisotopic (exact) mass is 520 g/mol. The number of aliphatic hydroxyl groups is 1. The first kappa shape index (κ1) is 28.9. The van der Waals surface area contributed by atoms with Gasteiger partial charge >= 0.3 is 23.9 Å². The lowest BCUT2D eigenvalue weighted by atomic mass is 9.49. The van der Waals surface area contributed by atoms with Crippen molar-refractivity contribution in [2.24, 2.45) is 22.7 Å². The third-order valence-electron chi connectivity index (χ3n) is 8.62. The fraction of sp³-hybridized carbons (Fsp3) is 0.714. The van der Waals surface area contributed by atoms with E-state index in [1.165, 1.54) is 27.7 Å². The van der Waals surface area contributed by atoms with Crippen LogP contribution in [0.2, 0.25) is 0 Å². The van der Waals surface area contributed by atoms with Gasteiger partial charge in [-0.3, -0.25) is 19.2 Å². The fourth-order valence-electron chi connectivity index (χ4n) is 7.13. The van der Waals surface area contributed by atoms with Crippen LogP contribution < -0.4 is 0 Å². The average molecular weight is 521 g/mol. The van der Waals surface area contributed by atoms with Crippen LogP contribution in [0, 0.1) is 22.7 Å². The fourth-order valence-corrected chi connectivity index (χ4v) is 7.13. The quantitative estimate of drug-likeness (QED) is 0.337. The molecule has 1 N–H and O–H groups in total. The Bertz CT molecular complexity index is 1020. The van der Waals surface area contributed by atoms with Gasteiger partial charge in [0.1, 0.15) is 18.3 Å². The van der Waals surface area contributed by atoms with Gasteiger partial charge in [-0.1, -0.05) is 27.4 Å². The number of carbonyl (C=O) groups excluding carboxylic acids is 4. The van der Waals surface area contributed by atoms with E-state index in [1.807, 2.05) is 27.7 Å². The van der Waals surface area contributed by atoms with Crippen LogP contribution in [0.1, 0.15) is 74.7 Å². The second kappa shape index (κ2) is 10.2. The van der Waals surface area contributed by atoms with Crippen molar-refractivity contribution in [1.82, 2.24) is 0 Å². The molecule has 9 heteroatoms. The number of rotatable bonds is 4. The minimum Gasteiger partial charge on any atom is -0.462 e. The first-order valence-electron chi connectivity index (χ1n) is 12.8. The maximum atomic E-state index is 12.5. The Morgan fingerprint density at radius 2 is 1.43 bits per heavy atom. The van der Waals surface area contributed by atoms with Gasteiger partial charge in [0, 0.05) is 44.9 Å². The number of fused-ring (bicyclic) bond motifs is 3. The van der Waals surface area contributed by atoms with Crippen LogP contribution in [0.3, 0.4) is 0 Å². The molecule has 9 nitrogen and oxygen atoms in total. The third kappa shape index (κ3) is 5.19. The molecule has 3 rings (SSSR count). The van der Waals surface area contributed by atoms with E-state index in [-0.39, 0.29) is 0 Å². The zero-order valence-corrected chi connectivity index (χ0v) is 23.1. The van der Waals surface area contributed by atoms with E-state index in [2.05, 4.69) is 6.58 Å². The van der Waals surface area contributed by atoms with Crippen LogP contribution in [0.15, 0.2) is 23.3 Å². The second-order valence-corrected chi connectivity index (χ2v) is 11.5. The molecule has 206 valence electrons. The summed E-state index contributed by atoms with van der Waals surface area (Å²) in [5, 5.41) is 10.9. The van der Waals surface area contributed by atoms with Crippen LogP contribution in [0.4, 0.5) is 0 Å². The molecule has 3 aliphatic rings. The van der Waals surface area contributed by atoms with E-state index in [0.29, 0.717) is 36.0 Å². The Morgan fingerprint density at radius 1 is 0.892 bits per heavy atom. The minimum absolute atomic E-state index is 0.348. The Morgan fingerprint density at radius 3 is 1.95 bits per heavy atom. The van der Waals surface area contributed by atoms with Crippen LogP contribution in [-0.4, -0.2) is 59.5 Å². The minimum atomic E-state index is -0.994. The van der Waals surface area contributed by atoms with Crippen molar-refractivity contribution in [2.75, 3.05) is 0 Å². The summed E-state index contributed by atoms with van der Waals surface area (Å²) >= 11 is 0. The summed E-state index contributed by atoms with van der Waals surface area (Å²) < 4.78 is 23.7. The van der Waals surface area contributed by atoms with Gasteiger partial charge in [-0.05, 0) is 48.3 Å². The summed E-state index contributed by atoms with van der Waals surface area (Å²) in [6, 6.07) is 0. The molecule has 0 spiro atoms. The lowest BCUT2D eigenvalue weighted by Gasteiger charge is -2.60.